The Morgan fingerprint density at radius 2 is 1.89 bits per heavy atom. The van der Waals surface area contributed by atoms with Gasteiger partial charge in [-0.3, -0.25) is 9.80 Å². The van der Waals surface area contributed by atoms with E-state index in [-0.39, 0.29) is 18.7 Å². The van der Waals surface area contributed by atoms with Gasteiger partial charge in [-0.05, 0) is 33.3 Å². The Bertz CT molecular complexity index is 950. The Balaban J connectivity index is 1.99. The predicted molar refractivity (Wildman–Crippen MR) is 132 cm³/mol. The number of rotatable bonds is 8. The van der Waals surface area contributed by atoms with Crippen LogP contribution in [0.4, 0.5) is 9.59 Å². The average molecular weight is 488 g/mol. The first-order chi connectivity index (χ1) is 16.9. The van der Waals surface area contributed by atoms with Crippen molar-refractivity contribution in [1.82, 2.24) is 25.3 Å². The smallest absolute Gasteiger partial charge is 0.338 e. The lowest BCUT2D eigenvalue weighted by Gasteiger charge is -2.38. The Morgan fingerprint density at radius 3 is 2.57 bits per heavy atom. The van der Waals surface area contributed by atoms with E-state index < -0.39 is 12.0 Å². The highest BCUT2D eigenvalue weighted by atomic mass is 16.5. The van der Waals surface area contributed by atoms with Crippen LogP contribution in [-0.2, 0) is 9.53 Å². The summed E-state index contributed by atoms with van der Waals surface area (Å²) in [5.74, 6) is 0.117. The Kier molecular flexibility index (Phi) is 9.36. The highest BCUT2D eigenvalue weighted by Gasteiger charge is 2.39. The van der Waals surface area contributed by atoms with Gasteiger partial charge in [0.25, 0.3) is 0 Å². The lowest BCUT2D eigenvalue weighted by molar-refractivity contribution is -0.139. The van der Waals surface area contributed by atoms with Crippen LogP contribution in [0, 0.1) is 0 Å². The van der Waals surface area contributed by atoms with Gasteiger partial charge in [-0.25, -0.2) is 14.4 Å². The van der Waals surface area contributed by atoms with Crippen molar-refractivity contribution >= 4 is 18.0 Å². The minimum atomic E-state index is -0.700. The van der Waals surface area contributed by atoms with Crippen molar-refractivity contribution in [2.75, 3.05) is 59.5 Å². The van der Waals surface area contributed by atoms with E-state index in [0.717, 1.165) is 13.0 Å². The fourth-order valence-corrected chi connectivity index (χ4v) is 4.60. The zero-order chi connectivity index (χ0) is 25.4. The molecule has 0 radical (unpaired) electrons. The maximum atomic E-state index is 13.3. The van der Waals surface area contributed by atoms with Crippen LogP contribution >= 0.6 is 0 Å². The highest BCUT2D eigenvalue weighted by Crippen LogP contribution is 2.36. The minimum Gasteiger partial charge on any atom is -0.496 e. The molecule has 1 fully saturated rings. The minimum absolute atomic E-state index is 0.0655. The molecule has 2 aliphatic heterocycles. The monoisotopic (exact) mass is 487 g/mol. The number of nitrogens with zero attached hydrogens (tertiary/aromatic N) is 3. The summed E-state index contributed by atoms with van der Waals surface area (Å²) in [4.78, 5) is 44.4. The number of hydrogen-bond donors (Lipinski definition) is 2. The van der Waals surface area contributed by atoms with Crippen LogP contribution in [-0.4, -0.2) is 92.3 Å². The molecule has 2 heterocycles. The number of para-hydroxylation sites is 1. The summed E-state index contributed by atoms with van der Waals surface area (Å²) >= 11 is 0. The number of carbonyl (C=O) groups is 3. The number of hydrogen-bond acceptors (Lipinski definition) is 6. The van der Waals surface area contributed by atoms with E-state index in [1.54, 1.807) is 25.0 Å². The quantitative estimate of drug-likeness (QED) is 0.546. The molecule has 192 valence electrons. The first-order valence-corrected chi connectivity index (χ1v) is 12.3. The van der Waals surface area contributed by atoms with E-state index >= 15 is 0 Å². The molecule has 35 heavy (non-hydrogen) atoms. The van der Waals surface area contributed by atoms with E-state index in [9.17, 15) is 14.4 Å². The molecule has 4 amide bonds. The van der Waals surface area contributed by atoms with E-state index in [1.165, 1.54) is 0 Å². The Morgan fingerprint density at radius 1 is 1.11 bits per heavy atom. The number of nitrogens with one attached hydrogen (secondary N) is 2. The summed E-state index contributed by atoms with van der Waals surface area (Å²) in [7, 11) is 1.56. The average Bonchev–Trinajstić information content (AvgIpc) is 3.10. The zero-order valence-corrected chi connectivity index (χ0v) is 21.1. The fourth-order valence-electron chi connectivity index (χ4n) is 4.60. The van der Waals surface area contributed by atoms with Crippen LogP contribution in [0.5, 0.6) is 5.75 Å². The van der Waals surface area contributed by atoms with Gasteiger partial charge in [0.1, 0.15) is 5.75 Å². The second-order valence-corrected chi connectivity index (χ2v) is 8.40. The van der Waals surface area contributed by atoms with Gasteiger partial charge >= 0.3 is 18.0 Å². The van der Waals surface area contributed by atoms with E-state index in [1.807, 2.05) is 36.9 Å². The van der Waals surface area contributed by atoms with Gasteiger partial charge in [-0.1, -0.05) is 18.2 Å². The summed E-state index contributed by atoms with van der Waals surface area (Å²) < 4.78 is 11.0. The lowest BCUT2D eigenvalue weighted by atomic mass is 9.93. The van der Waals surface area contributed by atoms with Gasteiger partial charge in [0, 0.05) is 57.1 Å². The standard InChI is InChI=1S/C25H37N5O5/c1-5-26-24(32)29-14-10-13-28(15-16-29)17-19-21(23(31)35-7-3)22(27-25(33)30(19)6-2)18-11-8-9-12-20(18)34-4/h8-9,11-12,22H,5-7,10,13-17H2,1-4H3,(H,26,32)(H,27,33)/t22-/m1/s1. The van der Waals surface area contributed by atoms with Crippen molar-refractivity contribution in [3.63, 3.8) is 0 Å². The summed E-state index contributed by atoms with van der Waals surface area (Å²) in [6.45, 7) is 9.76. The van der Waals surface area contributed by atoms with Crippen molar-refractivity contribution in [3.8, 4) is 5.75 Å². The first-order valence-electron chi connectivity index (χ1n) is 12.3. The molecular formula is C25H37N5O5. The molecule has 2 N–H and O–H groups in total. The topological polar surface area (TPSA) is 103 Å². The number of amides is 4. The van der Waals surface area contributed by atoms with Crippen molar-refractivity contribution in [3.05, 3.63) is 41.1 Å². The largest absolute Gasteiger partial charge is 0.496 e. The van der Waals surface area contributed by atoms with E-state index in [2.05, 4.69) is 15.5 Å². The van der Waals surface area contributed by atoms with E-state index in [4.69, 9.17) is 9.47 Å². The molecule has 2 aliphatic rings. The number of esters is 1. The molecule has 0 bridgehead atoms. The van der Waals surface area contributed by atoms with Crippen molar-refractivity contribution in [1.29, 1.82) is 0 Å². The first kappa shape index (κ1) is 26.3. The third-order valence-corrected chi connectivity index (χ3v) is 6.28. The fraction of sp³-hybridized carbons (Fsp3) is 0.560. The van der Waals surface area contributed by atoms with Crippen molar-refractivity contribution in [2.24, 2.45) is 0 Å². The number of urea groups is 2. The molecule has 0 spiro atoms. The van der Waals surface area contributed by atoms with Crippen molar-refractivity contribution in [2.45, 2.75) is 33.2 Å². The predicted octanol–water partition coefficient (Wildman–Crippen LogP) is 2.34. The Labute approximate surface area is 207 Å². The van der Waals surface area contributed by atoms with Crippen LogP contribution in [0.25, 0.3) is 0 Å². The van der Waals surface area contributed by atoms with Crippen LogP contribution < -0.4 is 15.4 Å². The third kappa shape index (κ3) is 6.05. The summed E-state index contributed by atoms with van der Waals surface area (Å²) in [5.41, 5.74) is 1.72. The second kappa shape index (κ2) is 12.4. The number of ether oxygens (including phenoxy) is 2. The third-order valence-electron chi connectivity index (χ3n) is 6.28. The van der Waals surface area contributed by atoms with Crippen LogP contribution in [0.1, 0.15) is 38.8 Å². The van der Waals surface area contributed by atoms with Crippen LogP contribution in [0.2, 0.25) is 0 Å². The van der Waals surface area contributed by atoms with Gasteiger partial charge in [0.2, 0.25) is 0 Å². The van der Waals surface area contributed by atoms with Crippen molar-refractivity contribution < 1.29 is 23.9 Å². The van der Waals surface area contributed by atoms with Gasteiger partial charge in [-0.15, -0.1) is 0 Å². The second-order valence-electron chi connectivity index (χ2n) is 8.40. The van der Waals surface area contributed by atoms with Gasteiger partial charge in [-0.2, -0.15) is 0 Å². The molecule has 1 saturated heterocycles. The number of likely N-dealkylation sites (N-methyl/N-ethyl adjacent to an activating group) is 1. The molecule has 1 aromatic rings. The van der Waals surface area contributed by atoms with Gasteiger partial charge in [0.15, 0.2) is 0 Å². The number of carbonyl (C=O) groups excluding carboxylic acids is 3. The van der Waals surface area contributed by atoms with Gasteiger partial charge < -0.3 is 25.0 Å². The lowest BCUT2D eigenvalue weighted by Crippen LogP contribution is -2.51. The number of methoxy groups -OCH3 is 1. The van der Waals surface area contributed by atoms with Crippen LogP contribution in [0.15, 0.2) is 35.5 Å². The molecular weight excluding hydrogens is 450 g/mol. The molecule has 0 unspecified atom stereocenters. The maximum absolute atomic E-state index is 13.3. The van der Waals surface area contributed by atoms with E-state index in [0.29, 0.717) is 61.9 Å². The zero-order valence-electron chi connectivity index (χ0n) is 21.1. The molecule has 1 atom stereocenters. The molecule has 1 aromatic carbocycles. The summed E-state index contributed by atoms with van der Waals surface area (Å²) in [5, 5.41) is 5.84. The molecule has 3 rings (SSSR count). The number of benzene rings is 1. The molecule has 0 aliphatic carbocycles. The maximum Gasteiger partial charge on any atom is 0.338 e. The molecule has 0 aromatic heterocycles. The molecule has 10 nitrogen and oxygen atoms in total. The molecule has 0 saturated carbocycles. The summed E-state index contributed by atoms with van der Waals surface area (Å²) in [6, 6.07) is 6.31. The molecule has 10 heteroatoms. The SMILES string of the molecule is CCNC(=O)N1CCCN(CC2=C(C(=O)OCC)[C@@H](c3ccccc3OC)NC(=O)N2CC)CC1. The highest BCUT2D eigenvalue weighted by molar-refractivity contribution is 5.95. The van der Waals surface area contributed by atoms with Crippen LogP contribution in [0.3, 0.4) is 0 Å². The van der Waals surface area contributed by atoms with Gasteiger partial charge in [0.05, 0.1) is 25.3 Å². The normalized spacial score (nSPS) is 19.2. The summed E-state index contributed by atoms with van der Waals surface area (Å²) in [6.07, 6.45) is 0.799. The Hall–Kier alpha value is -3.27.